The molecule has 0 radical (unpaired) electrons. The molecule has 3 aromatic rings. The van der Waals surface area contributed by atoms with Crippen LogP contribution in [-0.4, -0.2) is 11.9 Å². The number of benzene rings is 2. The average molecular weight is 349 g/mol. The maximum absolute atomic E-state index is 12.4. The standard InChI is InChI=1S/C22H23NOS/c1-17(23-21(24)13-12-18-14-15-25-16-18)22(19-8-4-2-5-9-19)20-10-6-3-7-11-20/h2-11,14-17,22H,12-13H2,1H3,(H,23,24). The van der Waals surface area contributed by atoms with Crippen LogP contribution in [0.25, 0.3) is 0 Å². The molecule has 3 rings (SSSR count). The van der Waals surface area contributed by atoms with Gasteiger partial charge in [0.15, 0.2) is 0 Å². The van der Waals surface area contributed by atoms with Crippen molar-refractivity contribution in [3.8, 4) is 0 Å². The minimum atomic E-state index is 0.0276. The van der Waals surface area contributed by atoms with E-state index in [4.69, 9.17) is 0 Å². The van der Waals surface area contributed by atoms with Crippen LogP contribution in [0, 0.1) is 0 Å². The molecule has 25 heavy (non-hydrogen) atoms. The van der Waals surface area contributed by atoms with Gasteiger partial charge < -0.3 is 5.32 Å². The van der Waals surface area contributed by atoms with Crippen molar-refractivity contribution in [3.05, 3.63) is 94.2 Å². The summed E-state index contributed by atoms with van der Waals surface area (Å²) in [6, 6.07) is 22.9. The van der Waals surface area contributed by atoms with Gasteiger partial charge in [-0.3, -0.25) is 4.79 Å². The number of hydrogen-bond donors (Lipinski definition) is 1. The van der Waals surface area contributed by atoms with E-state index >= 15 is 0 Å². The van der Waals surface area contributed by atoms with Crippen molar-refractivity contribution in [1.29, 1.82) is 0 Å². The fourth-order valence-electron chi connectivity index (χ4n) is 3.19. The van der Waals surface area contributed by atoms with Gasteiger partial charge in [0, 0.05) is 18.4 Å². The Morgan fingerprint density at radius 3 is 2.08 bits per heavy atom. The zero-order chi connectivity index (χ0) is 17.5. The van der Waals surface area contributed by atoms with E-state index in [0.717, 1.165) is 6.42 Å². The minimum absolute atomic E-state index is 0.0276. The summed E-state index contributed by atoms with van der Waals surface area (Å²) < 4.78 is 0. The number of amides is 1. The highest BCUT2D eigenvalue weighted by atomic mass is 32.1. The normalized spacial score (nSPS) is 12.1. The molecule has 2 nitrogen and oxygen atoms in total. The van der Waals surface area contributed by atoms with E-state index < -0.39 is 0 Å². The molecule has 128 valence electrons. The largest absolute Gasteiger partial charge is 0.353 e. The molecular weight excluding hydrogens is 326 g/mol. The number of aryl methyl sites for hydroxylation is 1. The SMILES string of the molecule is CC(NC(=O)CCc1ccsc1)C(c1ccccc1)c1ccccc1. The first kappa shape index (κ1) is 17.4. The number of nitrogens with one attached hydrogen (secondary N) is 1. The van der Waals surface area contributed by atoms with Crippen LogP contribution >= 0.6 is 11.3 Å². The number of carbonyl (C=O) groups excluding carboxylic acids is 1. The van der Waals surface area contributed by atoms with Crippen molar-refractivity contribution in [2.45, 2.75) is 31.7 Å². The van der Waals surface area contributed by atoms with E-state index in [-0.39, 0.29) is 17.9 Å². The summed E-state index contributed by atoms with van der Waals surface area (Å²) in [7, 11) is 0. The van der Waals surface area contributed by atoms with Crippen molar-refractivity contribution < 1.29 is 4.79 Å². The van der Waals surface area contributed by atoms with Gasteiger partial charge in [-0.05, 0) is 46.9 Å². The fourth-order valence-corrected chi connectivity index (χ4v) is 3.90. The van der Waals surface area contributed by atoms with E-state index in [1.807, 2.05) is 12.1 Å². The summed E-state index contributed by atoms with van der Waals surface area (Å²) in [6.07, 6.45) is 1.32. The zero-order valence-corrected chi connectivity index (χ0v) is 15.2. The van der Waals surface area contributed by atoms with Crippen LogP contribution in [-0.2, 0) is 11.2 Å². The van der Waals surface area contributed by atoms with Crippen LogP contribution in [0.3, 0.4) is 0 Å². The Morgan fingerprint density at radius 1 is 0.960 bits per heavy atom. The second-order valence-electron chi connectivity index (χ2n) is 6.29. The van der Waals surface area contributed by atoms with Gasteiger partial charge in [-0.15, -0.1) is 0 Å². The predicted octanol–water partition coefficient (Wildman–Crippen LogP) is 5.02. The Balaban J connectivity index is 1.71. The molecule has 0 saturated carbocycles. The summed E-state index contributed by atoms with van der Waals surface area (Å²) in [5.74, 6) is 0.253. The first-order chi connectivity index (χ1) is 12.2. The van der Waals surface area contributed by atoms with E-state index in [1.54, 1.807) is 11.3 Å². The third kappa shape index (κ3) is 4.80. The Labute approximate surface area is 153 Å². The lowest BCUT2D eigenvalue weighted by atomic mass is 9.85. The molecule has 1 N–H and O–H groups in total. The summed E-state index contributed by atoms with van der Waals surface area (Å²) in [6.45, 7) is 2.09. The van der Waals surface area contributed by atoms with Gasteiger partial charge in [-0.1, -0.05) is 60.7 Å². The van der Waals surface area contributed by atoms with Gasteiger partial charge in [0.25, 0.3) is 0 Å². The third-order valence-corrected chi connectivity index (χ3v) is 5.16. The van der Waals surface area contributed by atoms with E-state index in [2.05, 4.69) is 77.6 Å². The molecular formula is C22H23NOS. The highest BCUT2D eigenvalue weighted by molar-refractivity contribution is 7.07. The van der Waals surface area contributed by atoms with Crippen molar-refractivity contribution in [2.24, 2.45) is 0 Å². The Morgan fingerprint density at radius 2 is 1.56 bits per heavy atom. The van der Waals surface area contributed by atoms with Crippen LogP contribution < -0.4 is 5.32 Å². The highest BCUT2D eigenvalue weighted by Crippen LogP contribution is 2.28. The van der Waals surface area contributed by atoms with Gasteiger partial charge in [-0.2, -0.15) is 11.3 Å². The second-order valence-corrected chi connectivity index (χ2v) is 7.07. The van der Waals surface area contributed by atoms with Crippen LogP contribution in [0.1, 0.15) is 36.0 Å². The van der Waals surface area contributed by atoms with Crippen LogP contribution in [0.15, 0.2) is 77.5 Å². The van der Waals surface area contributed by atoms with Crippen molar-refractivity contribution in [2.75, 3.05) is 0 Å². The lowest BCUT2D eigenvalue weighted by Crippen LogP contribution is -2.37. The molecule has 0 aliphatic rings. The lowest BCUT2D eigenvalue weighted by Gasteiger charge is -2.26. The molecule has 0 aliphatic heterocycles. The minimum Gasteiger partial charge on any atom is -0.353 e. The molecule has 1 aromatic heterocycles. The molecule has 1 atom stereocenters. The van der Waals surface area contributed by atoms with Crippen molar-refractivity contribution in [3.63, 3.8) is 0 Å². The Kier molecular flexibility index (Phi) is 6.02. The molecule has 0 fully saturated rings. The summed E-state index contributed by atoms with van der Waals surface area (Å²) in [4.78, 5) is 12.4. The first-order valence-corrected chi connectivity index (χ1v) is 9.58. The Bertz CT molecular complexity index is 729. The van der Waals surface area contributed by atoms with Crippen LogP contribution in [0.4, 0.5) is 0 Å². The van der Waals surface area contributed by atoms with Crippen LogP contribution in [0.5, 0.6) is 0 Å². The molecule has 2 aromatic carbocycles. The van der Waals surface area contributed by atoms with Gasteiger partial charge in [-0.25, -0.2) is 0 Å². The first-order valence-electron chi connectivity index (χ1n) is 8.64. The van der Waals surface area contributed by atoms with Gasteiger partial charge in [0.1, 0.15) is 0 Å². The van der Waals surface area contributed by atoms with Gasteiger partial charge >= 0.3 is 0 Å². The number of thiophene rings is 1. The molecule has 0 bridgehead atoms. The number of carbonyl (C=O) groups is 1. The quantitative estimate of drug-likeness (QED) is 0.638. The molecule has 0 saturated heterocycles. The maximum Gasteiger partial charge on any atom is 0.220 e. The van der Waals surface area contributed by atoms with Crippen LogP contribution in [0.2, 0.25) is 0 Å². The predicted molar refractivity (Wildman–Crippen MR) is 105 cm³/mol. The lowest BCUT2D eigenvalue weighted by molar-refractivity contribution is -0.121. The molecule has 1 heterocycles. The van der Waals surface area contributed by atoms with Crippen molar-refractivity contribution >= 4 is 17.2 Å². The topological polar surface area (TPSA) is 29.1 Å². The van der Waals surface area contributed by atoms with Gasteiger partial charge in [0.05, 0.1) is 0 Å². The van der Waals surface area contributed by atoms with E-state index in [1.165, 1.54) is 16.7 Å². The van der Waals surface area contributed by atoms with Gasteiger partial charge in [0.2, 0.25) is 5.91 Å². The number of rotatable bonds is 7. The van der Waals surface area contributed by atoms with E-state index in [0.29, 0.717) is 6.42 Å². The number of hydrogen-bond acceptors (Lipinski definition) is 2. The molecule has 1 unspecified atom stereocenters. The monoisotopic (exact) mass is 349 g/mol. The third-order valence-electron chi connectivity index (χ3n) is 4.43. The average Bonchev–Trinajstić information content (AvgIpc) is 3.16. The molecule has 3 heteroatoms. The second kappa shape index (κ2) is 8.63. The summed E-state index contributed by atoms with van der Waals surface area (Å²) in [5, 5.41) is 7.36. The molecule has 0 spiro atoms. The summed E-state index contributed by atoms with van der Waals surface area (Å²) in [5.41, 5.74) is 3.68. The smallest absolute Gasteiger partial charge is 0.220 e. The maximum atomic E-state index is 12.4. The Hall–Kier alpha value is -2.39. The van der Waals surface area contributed by atoms with E-state index in [9.17, 15) is 4.79 Å². The highest BCUT2D eigenvalue weighted by Gasteiger charge is 2.22. The molecule has 1 amide bonds. The fraction of sp³-hybridized carbons (Fsp3) is 0.227. The summed E-state index contributed by atoms with van der Waals surface area (Å²) >= 11 is 1.67. The molecule has 0 aliphatic carbocycles. The zero-order valence-electron chi connectivity index (χ0n) is 14.4. The van der Waals surface area contributed by atoms with Crippen molar-refractivity contribution in [1.82, 2.24) is 5.32 Å².